The summed E-state index contributed by atoms with van der Waals surface area (Å²) in [4.78, 5) is 34.3. The number of thiophene rings is 1. The Morgan fingerprint density at radius 2 is 2.14 bits per heavy atom. The molecule has 1 aromatic rings. The summed E-state index contributed by atoms with van der Waals surface area (Å²) in [5, 5.41) is 17.6. The number of unbranched alkanes of at least 4 members (excludes halogenated alkanes) is 1. The van der Waals surface area contributed by atoms with Crippen LogP contribution >= 0.6 is 11.3 Å². The lowest BCUT2D eigenvalue weighted by atomic mass is 10.1. The van der Waals surface area contributed by atoms with Gasteiger partial charge in [-0.15, -0.1) is 0 Å². The van der Waals surface area contributed by atoms with E-state index in [9.17, 15) is 14.4 Å². The molecule has 3 N–H and O–H groups in total. The second-order valence-electron chi connectivity index (χ2n) is 4.62. The van der Waals surface area contributed by atoms with E-state index in [1.165, 1.54) is 11.3 Å². The van der Waals surface area contributed by atoms with Gasteiger partial charge in [-0.2, -0.15) is 11.3 Å². The standard InChI is InChI=1S/C14H20N2O4S/c1-2-3-4-11(14(19)20)16-12(17)5-7-15-13(18)10-6-8-21-9-10/h6,8-9,11H,2-5,7H2,1H3,(H,15,18)(H,16,17)(H,19,20)/t11-/m0/s1. The maximum Gasteiger partial charge on any atom is 0.326 e. The highest BCUT2D eigenvalue weighted by atomic mass is 32.1. The summed E-state index contributed by atoms with van der Waals surface area (Å²) in [5.74, 6) is -1.63. The summed E-state index contributed by atoms with van der Waals surface area (Å²) in [6.07, 6.45) is 2.09. The van der Waals surface area contributed by atoms with Crippen molar-refractivity contribution in [3.8, 4) is 0 Å². The van der Waals surface area contributed by atoms with Crippen LogP contribution in [0.25, 0.3) is 0 Å². The number of carboxylic acid groups (broad SMARTS) is 1. The number of amides is 2. The van der Waals surface area contributed by atoms with Crippen LogP contribution in [-0.4, -0.2) is 35.5 Å². The molecule has 0 saturated carbocycles. The fourth-order valence-corrected chi connectivity index (χ4v) is 2.35. The van der Waals surface area contributed by atoms with Crippen LogP contribution in [0.15, 0.2) is 16.8 Å². The number of rotatable bonds is 9. The molecule has 1 atom stereocenters. The Morgan fingerprint density at radius 3 is 2.71 bits per heavy atom. The fraction of sp³-hybridized carbons (Fsp3) is 0.500. The highest BCUT2D eigenvalue weighted by Crippen LogP contribution is 2.05. The predicted octanol–water partition coefficient (Wildman–Crippen LogP) is 1.63. The Bertz CT molecular complexity index is 473. The van der Waals surface area contributed by atoms with Gasteiger partial charge in [0.1, 0.15) is 6.04 Å². The number of nitrogens with one attached hydrogen (secondary N) is 2. The maximum absolute atomic E-state index is 11.7. The van der Waals surface area contributed by atoms with Crippen LogP contribution in [0, 0.1) is 0 Å². The van der Waals surface area contributed by atoms with Gasteiger partial charge in [0.15, 0.2) is 0 Å². The first-order valence-corrected chi connectivity index (χ1v) is 7.81. The number of carboxylic acids is 1. The summed E-state index contributed by atoms with van der Waals surface area (Å²) in [5.41, 5.74) is 0.562. The smallest absolute Gasteiger partial charge is 0.326 e. The first-order chi connectivity index (χ1) is 10.0. The molecule has 6 nitrogen and oxygen atoms in total. The van der Waals surface area contributed by atoms with Crippen molar-refractivity contribution in [3.05, 3.63) is 22.4 Å². The van der Waals surface area contributed by atoms with Crippen molar-refractivity contribution in [2.24, 2.45) is 0 Å². The van der Waals surface area contributed by atoms with Gasteiger partial charge in [0.2, 0.25) is 5.91 Å². The average Bonchev–Trinajstić information content (AvgIpc) is 2.97. The molecule has 0 spiro atoms. The SMILES string of the molecule is CCCC[C@H](NC(=O)CCNC(=O)c1ccsc1)C(=O)O. The Kier molecular flexibility index (Phi) is 7.45. The Labute approximate surface area is 127 Å². The Hall–Kier alpha value is -1.89. The van der Waals surface area contributed by atoms with Gasteiger partial charge in [0.25, 0.3) is 5.91 Å². The zero-order valence-electron chi connectivity index (χ0n) is 11.9. The van der Waals surface area contributed by atoms with E-state index in [1.54, 1.807) is 16.8 Å². The second-order valence-corrected chi connectivity index (χ2v) is 5.40. The van der Waals surface area contributed by atoms with Gasteiger partial charge in [-0.05, 0) is 17.9 Å². The number of hydrogen-bond acceptors (Lipinski definition) is 4. The van der Waals surface area contributed by atoms with Crippen molar-refractivity contribution < 1.29 is 19.5 Å². The molecule has 21 heavy (non-hydrogen) atoms. The molecule has 1 aromatic heterocycles. The molecule has 0 fully saturated rings. The summed E-state index contributed by atoms with van der Waals surface area (Å²) >= 11 is 1.42. The van der Waals surface area contributed by atoms with Crippen molar-refractivity contribution in [2.45, 2.75) is 38.6 Å². The van der Waals surface area contributed by atoms with E-state index in [4.69, 9.17) is 5.11 Å². The first-order valence-electron chi connectivity index (χ1n) is 6.87. The van der Waals surface area contributed by atoms with Crippen LogP contribution < -0.4 is 10.6 Å². The van der Waals surface area contributed by atoms with Crippen LogP contribution in [0.3, 0.4) is 0 Å². The number of carbonyl (C=O) groups excluding carboxylic acids is 2. The molecule has 0 aliphatic heterocycles. The van der Waals surface area contributed by atoms with Crippen LogP contribution in [0.2, 0.25) is 0 Å². The molecule has 7 heteroatoms. The van der Waals surface area contributed by atoms with E-state index in [0.29, 0.717) is 12.0 Å². The molecular weight excluding hydrogens is 292 g/mol. The number of carbonyl (C=O) groups is 3. The van der Waals surface area contributed by atoms with Gasteiger partial charge in [-0.3, -0.25) is 9.59 Å². The molecule has 0 bridgehead atoms. The topological polar surface area (TPSA) is 95.5 Å². The van der Waals surface area contributed by atoms with Gasteiger partial charge < -0.3 is 15.7 Å². The highest BCUT2D eigenvalue weighted by Gasteiger charge is 2.18. The van der Waals surface area contributed by atoms with Gasteiger partial charge in [-0.1, -0.05) is 19.8 Å². The normalized spacial score (nSPS) is 11.7. The molecule has 116 valence electrons. The minimum atomic E-state index is -1.03. The lowest BCUT2D eigenvalue weighted by Crippen LogP contribution is -2.41. The summed E-state index contributed by atoms with van der Waals surface area (Å²) in [6.45, 7) is 2.14. The molecule has 0 saturated heterocycles. The van der Waals surface area contributed by atoms with Gasteiger partial charge in [0.05, 0.1) is 0 Å². The minimum Gasteiger partial charge on any atom is -0.480 e. The lowest BCUT2D eigenvalue weighted by molar-refractivity contribution is -0.142. The van der Waals surface area contributed by atoms with Crippen molar-refractivity contribution in [1.29, 1.82) is 0 Å². The zero-order chi connectivity index (χ0) is 15.7. The molecule has 2 amide bonds. The quantitative estimate of drug-likeness (QED) is 0.646. The summed E-state index contributed by atoms with van der Waals surface area (Å²) in [6, 6.07) is 0.843. The van der Waals surface area contributed by atoms with E-state index < -0.39 is 12.0 Å². The van der Waals surface area contributed by atoms with Gasteiger partial charge >= 0.3 is 5.97 Å². The minimum absolute atomic E-state index is 0.0613. The Morgan fingerprint density at radius 1 is 1.38 bits per heavy atom. The van der Waals surface area contributed by atoms with E-state index in [0.717, 1.165) is 12.8 Å². The summed E-state index contributed by atoms with van der Waals surface area (Å²) in [7, 11) is 0. The third kappa shape index (κ3) is 6.40. The second kappa shape index (κ2) is 9.12. The van der Waals surface area contributed by atoms with E-state index >= 15 is 0 Å². The van der Waals surface area contributed by atoms with Crippen LogP contribution in [0.4, 0.5) is 0 Å². The molecule has 0 aliphatic rings. The number of hydrogen-bond donors (Lipinski definition) is 3. The van der Waals surface area contributed by atoms with E-state index in [-0.39, 0.29) is 24.8 Å². The van der Waals surface area contributed by atoms with Crippen LogP contribution in [0.1, 0.15) is 43.0 Å². The van der Waals surface area contributed by atoms with Crippen LogP contribution in [-0.2, 0) is 9.59 Å². The first kappa shape index (κ1) is 17.2. The van der Waals surface area contributed by atoms with Crippen LogP contribution in [0.5, 0.6) is 0 Å². The van der Waals surface area contributed by atoms with Crippen molar-refractivity contribution in [3.63, 3.8) is 0 Å². The molecule has 0 aliphatic carbocycles. The van der Waals surface area contributed by atoms with E-state index in [1.807, 2.05) is 6.92 Å². The summed E-state index contributed by atoms with van der Waals surface area (Å²) < 4.78 is 0. The largest absolute Gasteiger partial charge is 0.480 e. The van der Waals surface area contributed by atoms with E-state index in [2.05, 4.69) is 10.6 Å². The molecule has 0 aromatic carbocycles. The Balaban J connectivity index is 2.29. The average molecular weight is 312 g/mol. The fourth-order valence-electron chi connectivity index (χ4n) is 1.72. The maximum atomic E-state index is 11.7. The van der Waals surface area contributed by atoms with Gasteiger partial charge in [0, 0.05) is 23.9 Å². The third-order valence-electron chi connectivity index (χ3n) is 2.90. The predicted molar refractivity (Wildman–Crippen MR) is 80.4 cm³/mol. The van der Waals surface area contributed by atoms with Crippen molar-refractivity contribution in [1.82, 2.24) is 10.6 Å². The molecule has 1 rings (SSSR count). The zero-order valence-corrected chi connectivity index (χ0v) is 12.7. The molecule has 0 unspecified atom stereocenters. The molecule has 1 heterocycles. The van der Waals surface area contributed by atoms with Crippen molar-refractivity contribution in [2.75, 3.05) is 6.54 Å². The van der Waals surface area contributed by atoms with Crippen molar-refractivity contribution >= 4 is 29.1 Å². The highest BCUT2D eigenvalue weighted by molar-refractivity contribution is 7.08. The molecular formula is C14H20N2O4S. The third-order valence-corrected chi connectivity index (χ3v) is 3.58. The van der Waals surface area contributed by atoms with Gasteiger partial charge in [-0.25, -0.2) is 4.79 Å². The number of aliphatic carboxylic acids is 1. The molecule has 0 radical (unpaired) electrons. The lowest BCUT2D eigenvalue weighted by Gasteiger charge is -2.14. The monoisotopic (exact) mass is 312 g/mol.